The number of methoxy groups -OCH3 is 1. The number of aromatic nitrogens is 3. The Morgan fingerprint density at radius 1 is 1.41 bits per heavy atom. The Hall–Kier alpha value is -3.20. The maximum Gasteiger partial charge on any atom is 0.341 e. The number of H-pyrrole nitrogens is 1. The molecule has 0 fully saturated rings. The van der Waals surface area contributed by atoms with Gasteiger partial charge in [0, 0.05) is 23.0 Å². The van der Waals surface area contributed by atoms with Crippen LogP contribution >= 0.6 is 11.6 Å². The number of carboxylic acid groups (broad SMARTS) is 1. The van der Waals surface area contributed by atoms with Gasteiger partial charge in [0.25, 0.3) is 5.56 Å². The molecule has 0 aliphatic carbocycles. The van der Waals surface area contributed by atoms with Crippen molar-refractivity contribution in [2.45, 2.75) is 12.5 Å². The fourth-order valence-electron chi connectivity index (χ4n) is 2.81. The first-order valence-electron chi connectivity index (χ1n) is 7.66. The first kappa shape index (κ1) is 18.6. The number of hydrogen-bond acceptors (Lipinski definition) is 5. The van der Waals surface area contributed by atoms with Crippen LogP contribution < -0.4 is 5.56 Å². The van der Waals surface area contributed by atoms with E-state index in [9.17, 15) is 23.9 Å². The summed E-state index contributed by atoms with van der Waals surface area (Å²) in [6.45, 7) is 0. The number of carbonyl (C=O) groups is 2. The second kappa shape index (κ2) is 7.20. The summed E-state index contributed by atoms with van der Waals surface area (Å²) >= 11 is 5.77. The van der Waals surface area contributed by atoms with Gasteiger partial charge in [0.05, 0.1) is 25.1 Å². The molecule has 1 aromatic carbocycles. The summed E-state index contributed by atoms with van der Waals surface area (Å²) in [6.07, 6.45) is 2.09. The molecule has 0 aromatic heterocycles. The highest BCUT2D eigenvalue weighted by molar-refractivity contribution is 6.30. The van der Waals surface area contributed by atoms with E-state index in [2.05, 4.69) is 10.2 Å². The highest BCUT2D eigenvalue weighted by atomic mass is 35.5. The lowest BCUT2D eigenvalue weighted by atomic mass is 10.0. The van der Waals surface area contributed by atoms with E-state index in [-0.39, 0.29) is 27.4 Å². The van der Waals surface area contributed by atoms with E-state index in [4.69, 9.17) is 16.3 Å². The number of carboxylic acids is 1. The van der Waals surface area contributed by atoms with Gasteiger partial charge in [-0.2, -0.15) is 5.10 Å². The Morgan fingerprint density at radius 2 is 2.15 bits per heavy atom. The van der Waals surface area contributed by atoms with Crippen molar-refractivity contribution >= 4 is 23.5 Å². The molecule has 1 unspecified atom stereocenters. The van der Waals surface area contributed by atoms with Crippen LogP contribution in [0.1, 0.15) is 28.4 Å². The molecule has 1 atom stereocenters. The number of aliphatic carboxylic acids is 1. The number of nitrogens with zero attached hydrogens (tertiary/aromatic N) is 2. The van der Waals surface area contributed by atoms with Crippen molar-refractivity contribution in [3.63, 3.8) is 0 Å². The first-order valence-corrected chi connectivity index (χ1v) is 8.04. The van der Waals surface area contributed by atoms with Crippen LogP contribution in [0.25, 0.3) is 11.3 Å². The molecule has 1 aromatic rings. The Balaban J connectivity index is 2.25. The zero-order chi connectivity index (χ0) is 19.7. The van der Waals surface area contributed by atoms with Gasteiger partial charge in [-0.15, -0.1) is 0 Å². The molecule has 2 aliphatic rings. The maximum atomic E-state index is 14.4. The largest absolute Gasteiger partial charge is 0.481 e. The number of ether oxygens (including phenoxy) is 1. The zero-order valence-corrected chi connectivity index (χ0v) is 14.7. The standard InChI is InChI=1S/C17H13ClFN3O5/c1-27-17(26)11-7-22(6-10-15(11)20-21-16(10)25)13(5-14(23)24)9-3-2-8(18)4-12(9)19/h2-4,6-7,13H,5H2,1H3,(H,21,25)(H,23,24). The zero-order valence-electron chi connectivity index (χ0n) is 13.9. The second-order valence-electron chi connectivity index (χ2n) is 5.71. The van der Waals surface area contributed by atoms with E-state index in [1.54, 1.807) is 0 Å². The number of hydrogen-bond donors (Lipinski definition) is 2. The Morgan fingerprint density at radius 3 is 2.78 bits per heavy atom. The number of benzene rings is 1. The minimum atomic E-state index is -1.20. The Kier molecular flexibility index (Phi) is 4.95. The summed E-state index contributed by atoms with van der Waals surface area (Å²) in [5.41, 5.74) is -0.470. The van der Waals surface area contributed by atoms with Crippen molar-refractivity contribution in [3.05, 3.63) is 62.9 Å². The molecule has 8 nitrogen and oxygen atoms in total. The van der Waals surface area contributed by atoms with Gasteiger partial charge >= 0.3 is 11.9 Å². The molecule has 2 heterocycles. The van der Waals surface area contributed by atoms with E-state index in [1.165, 1.54) is 29.1 Å². The minimum Gasteiger partial charge on any atom is -0.481 e. The number of rotatable bonds is 5. The second-order valence-corrected chi connectivity index (χ2v) is 6.14. The van der Waals surface area contributed by atoms with Crippen LogP contribution in [-0.4, -0.2) is 38.9 Å². The molecule has 3 rings (SSSR count). The lowest BCUT2D eigenvalue weighted by Crippen LogP contribution is -2.20. The molecular weight excluding hydrogens is 381 g/mol. The lowest BCUT2D eigenvalue weighted by molar-refractivity contribution is -0.137. The van der Waals surface area contributed by atoms with Crippen molar-refractivity contribution in [2.75, 3.05) is 7.11 Å². The quantitative estimate of drug-likeness (QED) is 0.643. The molecule has 2 N–H and O–H groups in total. The van der Waals surface area contributed by atoms with Crippen LogP contribution in [0, 0.1) is 5.82 Å². The number of halogens is 2. The number of esters is 1. The Labute approximate surface area is 156 Å². The molecule has 0 saturated heterocycles. The third-order valence-corrected chi connectivity index (χ3v) is 4.27. The maximum absolute atomic E-state index is 14.4. The van der Waals surface area contributed by atoms with Gasteiger partial charge in [-0.1, -0.05) is 17.7 Å². The number of fused-ring (bicyclic) bond motifs is 1. The van der Waals surface area contributed by atoms with Crippen LogP contribution in [0.4, 0.5) is 4.39 Å². The third-order valence-electron chi connectivity index (χ3n) is 4.04. The summed E-state index contributed by atoms with van der Waals surface area (Å²) < 4.78 is 20.4. The van der Waals surface area contributed by atoms with E-state index in [0.29, 0.717) is 0 Å². The van der Waals surface area contributed by atoms with E-state index >= 15 is 0 Å². The van der Waals surface area contributed by atoms with Crippen LogP contribution in [0.2, 0.25) is 5.02 Å². The molecule has 10 heteroatoms. The van der Waals surface area contributed by atoms with Gasteiger partial charge in [-0.3, -0.25) is 9.59 Å². The highest BCUT2D eigenvalue weighted by Gasteiger charge is 2.27. The van der Waals surface area contributed by atoms with Crippen LogP contribution in [0.3, 0.4) is 0 Å². The van der Waals surface area contributed by atoms with E-state index in [1.807, 2.05) is 0 Å². The summed E-state index contributed by atoms with van der Waals surface area (Å²) in [7, 11) is 1.16. The van der Waals surface area contributed by atoms with Crippen LogP contribution in [0.15, 0.2) is 35.4 Å². The van der Waals surface area contributed by atoms with Gasteiger partial charge in [0.1, 0.15) is 17.1 Å². The smallest absolute Gasteiger partial charge is 0.341 e. The van der Waals surface area contributed by atoms with Gasteiger partial charge < -0.3 is 14.4 Å². The molecule has 0 bridgehead atoms. The monoisotopic (exact) mass is 393 g/mol. The topological polar surface area (TPSA) is 114 Å². The summed E-state index contributed by atoms with van der Waals surface area (Å²) in [4.78, 5) is 35.4. The van der Waals surface area contributed by atoms with Gasteiger partial charge in [-0.05, 0) is 12.1 Å². The van der Waals surface area contributed by atoms with Crippen molar-refractivity contribution in [1.82, 2.24) is 14.8 Å². The average Bonchev–Trinajstić information content (AvgIpc) is 2.99. The van der Waals surface area contributed by atoms with Crippen molar-refractivity contribution in [2.24, 2.45) is 0 Å². The van der Waals surface area contributed by atoms with Gasteiger partial charge in [0.2, 0.25) is 0 Å². The van der Waals surface area contributed by atoms with E-state index in [0.717, 1.165) is 13.2 Å². The predicted octanol–water partition coefficient (Wildman–Crippen LogP) is 2.32. The molecular formula is C17H13ClFN3O5. The molecule has 0 amide bonds. The molecule has 0 spiro atoms. The SMILES string of the molecule is COC(=O)c1cn(C(CC(=O)O)c2ccc(Cl)cc2F)cc2c(=O)[nH]nc1-2. The fourth-order valence-corrected chi connectivity index (χ4v) is 2.97. The van der Waals surface area contributed by atoms with Crippen LogP contribution in [0.5, 0.6) is 0 Å². The average molecular weight is 394 g/mol. The number of pyridine rings is 1. The third kappa shape index (κ3) is 3.54. The number of carbonyl (C=O) groups excluding carboxylic acids is 1. The summed E-state index contributed by atoms with van der Waals surface area (Å²) in [5, 5.41) is 15.4. The van der Waals surface area contributed by atoms with Gasteiger partial charge in [0.15, 0.2) is 0 Å². The minimum absolute atomic E-state index is 0.0397. The van der Waals surface area contributed by atoms with E-state index < -0.39 is 35.8 Å². The van der Waals surface area contributed by atoms with Gasteiger partial charge in [-0.25, -0.2) is 14.3 Å². The number of nitrogens with one attached hydrogen (secondary N) is 1. The lowest BCUT2D eigenvalue weighted by Gasteiger charge is -2.22. The Bertz CT molecular complexity index is 1060. The summed E-state index contributed by atoms with van der Waals surface area (Å²) in [6, 6.07) is 2.80. The normalized spacial score (nSPS) is 12.1. The predicted molar refractivity (Wildman–Crippen MR) is 92.6 cm³/mol. The highest BCUT2D eigenvalue weighted by Crippen LogP contribution is 2.30. The molecule has 0 saturated carbocycles. The first-order chi connectivity index (χ1) is 12.8. The molecule has 140 valence electrons. The fraction of sp³-hybridized carbons (Fsp3) is 0.176. The van der Waals surface area contributed by atoms with Crippen LogP contribution in [-0.2, 0) is 9.53 Å². The number of aromatic amines is 1. The summed E-state index contributed by atoms with van der Waals surface area (Å²) in [5.74, 6) is -2.68. The molecule has 2 aliphatic heterocycles. The van der Waals surface area contributed by atoms with Crippen molar-refractivity contribution < 1.29 is 23.8 Å². The molecule has 27 heavy (non-hydrogen) atoms. The van der Waals surface area contributed by atoms with Crippen molar-refractivity contribution in [3.8, 4) is 11.3 Å². The molecule has 0 radical (unpaired) electrons. The van der Waals surface area contributed by atoms with Crippen molar-refractivity contribution in [1.29, 1.82) is 0 Å².